The maximum absolute atomic E-state index is 5.88. The highest BCUT2D eigenvalue weighted by atomic mass is 28.4. The van der Waals surface area contributed by atoms with E-state index in [2.05, 4.69) is 6.92 Å². The van der Waals surface area contributed by atoms with E-state index in [1.807, 2.05) is 20.8 Å². The van der Waals surface area contributed by atoms with E-state index < -0.39 is 8.80 Å². The average molecular weight is 292 g/mol. The molecular formula is C13H28O5Si. The Kier molecular flexibility index (Phi) is 8.13. The van der Waals surface area contributed by atoms with Gasteiger partial charge in [0.2, 0.25) is 0 Å². The van der Waals surface area contributed by atoms with E-state index in [4.69, 9.17) is 22.8 Å². The number of hydrogen-bond donors (Lipinski definition) is 0. The van der Waals surface area contributed by atoms with E-state index in [9.17, 15) is 0 Å². The van der Waals surface area contributed by atoms with Crippen LogP contribution in [-0.2, 0) is 22.8 Å². The van der Waals surface area contributed by atoms with Gasteiger partial charge in [-0.05, 0) is 27.2 Å². The van der Waals surface area contributed by atoms with Gasteiger partial charge in [-0.1, -0.05) is 6.92 Å². The molecule has 0 N–H and O–H groups in total. The van der Waals surface area contributed by atoms with Gasteiger partial charge in [-0.2, -0.15) is 0 Å². The van der Waals surface area contributed by atoms with Crippen LogP contribution >= 0.6 is 0 Å². The van der Waals surface area contributed by atoms with E-state index >= 15 is 0 Å². The van der Waals surface area contributed by atoms with E-state index in [1.165, 1.54) is 0 Å². The van der Waals surface area contributed by atoms with Gasteiger partial charge in [0.15, 0.2) is 0 Å². The highest BCUT2D eigenvalue weighted by molar-refractivity contribution is 6.60. The monoisotopic (exact) mass is 292 g/mol. The molecule has 0 aromatic heterocycles. The van der Waals surface area contributed by atoms with Gasteiger partial charge in [0.05, 0.1) is 19.3 Å². The number of rotatable bonds is 12. The Labute approximate surface area is 117 Å². The van der Waals surface area contributed by atoms with Crippen molar-refractivity contribution < 1.29 is 22.8 Å². The molecule has 0 spiro atoms. The van der Waals surface area contributed by atoms with Crippen molar-refractivity contribution in [2.75, 3.05) is 33.0 Å². The summed E-state index contributed by atoms with van der Waals surface area (Å²) in [6, 6.07) is 0.714. The Balaban J connectivity index is 2.53. The van der Waals surface area contributed by atoms with Crippen LogP contribution in [0.2, 0.25) is 6.04 Å². The number of hydrogen-bond acceptors (Lipinski definition) is 5. The fourth-order valence-corrected chi connectivity index (χ4v) is 4.86. The molecule has 2 unspecified atom stereocenters. The van der Waals surface area contributed by atoms with Crippen LogP contribution in [0.4, 0.5) is 0 Å². The van der Waals surface area contributed by atoms with Crippen LogP contribution < -0.4 is 0 Å². The lowest BCUT2D eigenvalue weighted by Crippen LogP contribution is -2.48. The molecule has 0 amide bonds. The second kappa shape index (κ2) is 9.04. The van der Waals surface area contributed by atoms with Gasteiger partial charge in [0, 0.05) is 25.9 Å². The third kappa shape index (κ3) is 6.33. The Morgan fingerprint density at radius 1 is 1.05 bits per heavy atom. The zero-order valence-corrected chi connectivity index (χ0v) is 13.6. The molecule has 0 saturated carbocycles. The van der Waals surface area contributed by atoms with E-state index in [-0.39, 0.29) is 12.2 Å². The van der Waals surface area contributed by atoms with Crippen LogP contribution in [-0.4, -0.2) is 54.0 Å². The fraction of sp³-hybridized carbons (Fsp3) is 1.00. The van der Waals surface area contributed by atoms with Crippen LogP contribution in [0.5, 0.6) is 0 Å². The lowest BCUT2D eigenvalue weighted by atomic mass is 10.3. The van der Waals surface area contributed by atoms with Crippen LogP contribution in [0.15, 0.2) is 0 Å². The minimum absolute atomic E-state index is 0.112. The quantitative estimate of drug-likeness (QED) is 0.408. The van der Waals surface area contributed by atoms with E-state index in [0.29, 0.717) is 32.5 Å². The van der Waals surface area contributed by atoms with Crippen molar-refractivity contribution >= 4 is 8.80 Å². The van der Waals surface area contributed by atoms with Gasteiger partial charge in [-0.3, -0.25) is 0 Å². The van der Waals surface area contributed by atoms with Gasteiger partial charge in [0.25, 0.3) is 0 Å². The molecule has 0 radical (unpaired) electrons. The number of ether oxygens (including phenoxy) is 2. The molecular weight excluding hydrogens is 264 g/mol. The first kappa shape index (κ1) is 17.1. The molecule has 1 aliphatic rings. The second-order valence-corrected chi connectivity index (χ2v) is 7.15. The lowest BCUT2D eigenvalue weighted by Gasteiger charge is -2.31. The predicted molar refractivity (Wildman–Crippen MR) is 75.2 cm³/mol. The van der Waals surface area contributed by atoms with Gasteiger partial charge >= 0.3 is 8.80 Å². The third-order valence-corrected chi connectivity index (χ3v) is 6.09. The topological polar surface area (TPSA) is 49.5 Å². The number of epoxide rings is 1. The Morgan fingerprint density at radius 2 is 1.58 bits per heavy atom. The summed E-state index contributed by atoms with van der Waals surface area (Å²) in [5.74, 6) is 0. The Bertz CT molecular complexity index is 218. The van der Waals surface area contributed by atoms with Crippen molar-refractivity contribution in [3.05, 3.63) is 0 Å². The van der Waals surface area contributed by atoms with E-state index in [0.717, 1.165) is 13.0 Å². The van der Waals surface area contributed by atoms with Crippen molar-refractivity contribution in [1.29, 1.82) is 0 Å². The van der Waals surface area contributed by atoms with Crippen LogP contribution in [0.1, 0.15) is 34.1 Å². The van der Waals surface area contributed by atoms with E-state index in [1.54, 1.807) is 0 Å². The normalized spacial score (nSPS) is 20.5. The molecule has 1 saturated heterocycles. The maximum atomic E-state index is 5.88. The van der Waals surface area contributed by atoms with Gasteiger partial charge < -0.3 is 22.8 Å². The van der Waals surface area contributed by atoms with Crippen LogP contribution in [0.3, 0.4) is 0 Å². The molecule has 6 heteroatoms. The lowest BCUT2D eigenvalue weighted by molar-refractivity contribution is 0.0192. The summed E-state index contributed by atoms with van der Waals surface area (Å²) in [5.41, 5.74) is 0. The summed E-state index contributed by atoms with van der Waals surface area (Å²) in [4.78, 5) is 0. The SMILES string of the molecule is CCO[Si](CC(CC)OCC1CO1)(OCC)OCC. The highest BCUT2D eigenvalue weighted by Gasteiger charge is 2.43. The van der Waals surface area contributed by atoms with Crippen LogP contribution in [0, 0.1) is 0 Å². The van der Waals surface area contributed by atoms with Gasteiger partial charge in [0.1, 0.15) is 6.10 Å². The fourth-order valence-electron chi connectivity index (χ4n) is 1.97. The maximum Gasteiger partial charge on any atom is 0.503 e. The van der Waals surface area contributed by atoms with Crippen molar-refractivity contribution in [2.45, 2.75) is 52.4 Å². The molecule has 2 atom stereocenters. The second-order valence-electron chi connectivity index (χ2n) is 4.51. The smallest absolute Gasteiger partial charge is 0.375 e. The largest absolute Gasteiger partial charge is 0.503 e. The molecule has 1 fully saturated rings. The summed E-state index contributed by atoms with van der Waals surface area (Å²) in [5, 5.41) is 0. The molecule has 0 aromatic rings. The first-order chi connectivity index (χ1) is 9.19. The molecule has 114 valence electrons. The summed E-state index contributed by atoms with van der Waals surface area (Å²) in [6.45, 7) is 11.3. The van der Waals surface area contributed by atoms with Crippen LogP contribution in [0.25, 0.3) is 0 Å². The average Bonchev–Trinajstić information content (AvgIpc) is 3.19. The summed E-state index contributed by atoms with van der Waals surface area (Å²) >= 11 is 0. The molecule has 1 heterocycles. The zero-order valence-electron chi connectivity index (χ0n) is 12.6. The summed E-state index contributed by atoms with van der Waals surface area (Å²) in [7, 11) is -2.60. The van der Waals surface area contributed by atoms with Crippen molar-refractivity contribution in [2.24, 2.45) is 0 Å². The first-order valence-electron chi connectivity index (χ1n) is 7.34. The van der Waals surface area contributed by atoms with Gasteiger partial charge in [-0.15, -0.1) is 0 Å². The minimum atomic E-state index is -2.60. The van der Waals surface area contributed by atoms with Crippen molar-refractivity contribution in [3.63, 3.8) is 0 Å². The predicted octanol–water partition coefficient (Wildman–Crippen LogP) is 2.23. The van der Waals surface area contributed by atoms with Gasteiger partial charge in [-0.25, -0.2) is 0 Å². The molecule has 1 rings (SSSR count). The van der Waals surface area contributed by atoms with Crippen molar-refractivity contribution in [3.8, 4) is 0 Å². The highest BCUT2D eigenvalue weighted by Crippen LogP contribution is 2.22. The third-order valence-electron chi connectivity index (χ3n) is 2.95. The molecule has 0 bridgehead atoms. The molecule has 1 aliphatic heterocycles. The summed E-state index contributed by atoms with van der Waals surface area (Å²) < 4.78 is 28.6. The molecule has 5 nitrogen and oxygen atoms in total. The summed E-state index contributed by atoms with van der Waals surface area (Å²) in [6.07, 6.45) is 1.33. The molecule has 0 aliphatic carbocycles. The molecule has 19 heavy (non-hydrogen) atoms. The van der Waals surface area contributed by atoms with Crippen molar-refractivity contribution in [1.82, 2.24) is 0 Å². The Morgan fingerprint density at radius 3 is 1.95 bits per heavy atom. The minimum Gasteiger partial charge on any atom is -0.375 e. The standard InChI is InChI=1S/C13H28O5Si/c1-5-12(14-9-13-10-15-13)11-19(16-6-2,17-7-3)18-8-4/h12-13H,5-11H2,1-4H3. The first-order valence-corrected chi connectivity index (χ1v) is 9.27. The zero-order chi connectivity index (χ0) is 14.1. The molecule has 0 aromatic carbocycles. The Hall–Kier alpha value is 0.0169.